The van der Waals surface area contributed by atoms with E-state index in [-0.39, 0.29) is 22.2 Å². The third kappa shape index (κ3) is 4.23. The molecule has 5 nitrogen and oxygen atoms in total. The highest BCUT2D eigenvalue weighted by Crippen LogP contribution is 2.24. The van der Waals surface area contributed by atoms with Crippen molar-refractivity contribution in [2.24, 2.45) is 0 Å². The van der Waals surface area contributed by atoms with Crippen LogP contribution in [0.1, 0.15) is 21.9 Å². The summed E-state index contributed by atoms with van der Waals surface area (Å²) in [6.07, 6.45) is 0. The van der Waals surface area contributed by atoms with Crippen LogP contribution < -0.4 is 5.32 Å². The number of halogens is 1. The number of anilines is 1. The summed E-state index contributed by atoms with van der Waals surface area (Å²) in [5.41, 5.74) is 1.66. The number of benzene rings is 2. The van der Waals surface area contributed by atoms with Gasteiger partial charge in [0.1, 0.15) is 11.5 Å². The monoisotopic (exact) mass is 433 g/mol. The number of carbonyl (C=O) groups excluding carboxylic acids is 1. The zero-order valence-electron chi connectivity index (χ0n) is 13.9. The van der Waals surface area contributed by atoms with Gasteiger partial charge in [0.05, 0.1) is 10.6 Å². The Morgan fingerprint density at radius 1 is 1.08 bits per heavy atom. The predicted molar refractivity (Wildman–Crippen MR) is 103 cm³/mol. The van der Waals surface area contributed by atoms with Crippen LogP contribution in [-0.2, 0) is 15.6 Å². The first-order chi connectivity index (χ1) is 12.3. The minimum Gasteiger partial charge on any atom is -0.455 e. The number of nitrogens with one attached hydrogen (secondary N) is 1. The lowest BCUT2D eigenvalue weighted by molar-refractivity contribution is 0.0995. The first-order valence-electron chi connectivity index (χ1n) is 7.79. The Hall–Kier alpha value is -2.38. The summed E-state index contributed by atoms with van der Waals surface area (Å²) in [5, 5.41) is 2.73. The molecule has 1 amide bonds. The molecule has 2 aromatic carbocycles. The summed E-state index contributed by atoms with van der Waals surface area (Å²) >= 11 is 3.39. The third-order valence-electron chi connectivity index (χ3n) is 3.69. The summed E-state index contributed by atoms with van der Waals surface area (Å²) in [7, 11) is -3.53. The highest BCUT2D eigenvalue weighted by Gasteiger charge is 2.19. The molecule has 26 heavy (non-hydrogen) atoms. The largest absolute Gasteiger partial charge is 0.455 e. The molecule has 1 aromatic heterocycles. The summed E-state index contributed by atoms with van der Waals surface area (Å²) in [4.78, 5) is 12.5. The predicted octanol–water partition coefficient (Wildman–Crippen LogP) is 4.58. The van der Waals surface area contributed by atoms with Crippen LogP contribution in [0, 0.1) is 6.92 Å². The van der Waals surface area contributed by atoms with Gasteiger partial charge >= 0.3 is 0 Å². The Balaban J connectivity index is 1.74. The van der Waals surface area contributed by atoms with Gasteiger partial charge in [-0.2, -0.15) is 0 Å². The van der Waals surface area contributed by atoms with E-state index in [9.17, 15) is 13.2 Å². The van der Waals surface area contributed by atoms with Gasteiger partial charge in [0.15, 0.2) is 15.6 Å². The molecule has 0 aliphatic carbocycles. The zero-order valence-corrected chi connectivity index (χ0v) is 16.3. The summed E-state index contributed by atoms with van der Waals surface area (Å²) in [5.74, 6) is -0.492. The Labute approximate surface area is 160 Å². The molecule has 0 radical (unpaired) electrons. The van der Waals surface area contributed by atoms with Crippen LogP contribution in [0.4, 0.5) is 5.69 Å². The van der Waals surface area contributed by atoms with Crippen molar-refractivity contribution >= 4 is 37.4 Å². The quantitative estimate of drug-likeness (QED) is 0.638. The number of furan rings is 1. The van der Waals surface area contributed by atoms with Gasteiger partial charge in [-0.15, -0.1) is 0 Å². The van der Waals surface area contributed by atoms with E-state index in [1.807, 2.05) is 19.1 Å². The third-order valence-corrected chi connectivity index (χ3v) is 6.00. The molecule has 7 heteroatoms. The number of aryl methyl sites for hydroxylation is 1. The van der Waals surface area contributed by atoms with Gasteiger partial charge in [-0.25, -0.2) is 8.42 Å². The van der Waals surface area contributed by atoms with E-state index in [1.54, 1.807) is 24.3 Å². The second-order valence-electron chi connectivity index (χ2n) is 5.78. The van der Waals surface area contributed by atoms with Crippen LogP contribution >= 0.6 is 15.9 Å². The van der Waals surface area contributed by atoms with Crippen LogP contribution in [0.3, 0.4) is 0 Å². The molecule has 0 saturated heterocycles. The summed E-state index contributed by atoms with van der Waals surface area (Å²) < 4.78 is 30.9. The van der Waals surface area contributed by atoms with Gasteiger partial charge < -0.3 is 9.73 Å². The molecule has 0 bridgehead atoms. The van der Waals surface area contributed by atoms with Crippen molar-refractivity contribution in [2.75, 3.05) is 5.32 Å². The molecule has 3 rings (SSSR count). The zero-order chi connectivity index (χ0) is 18.7. The maximum absolute atomic E-state index is 12.4. The fourth-order valence-electron chi connectivity index (χ4n) is 2.38. The fourth-order valence-corrected chi connectivity index (χ4v) is 4.24. The van der Waals surface area contributed by atoms with Gasteiger partial charge in [0, 0.05) is 4.47 Å². The molecule has 0 aliphatic heterocycles. The van der Waals surface area contributed by atoms with Gasteiger partial charge in [-0.05, 0) is 64.8 Å². The van der Waals surface area contributed by atoms with Crippen molar-refractivity contribution in [3.8, 4) is 0 Å². The van der Waals surface area contributed by atoms with E-state index in [2.05, 4.69) is 21.2 Å². The first kappa shape index (κ1) is 18.4. The average Bonchev–Trinajstić information content (AvgIpc) is 3.06. The molecule has 1 N–H and O–H groups in total. The van der Waals surface area contributed by atoms with Crippen molar-refractivity contribution < 1.29 is 17.6 Å². The van der Waals surface area contributed by atoms with Crippen molar-refractivity contribution in [1.29, 1.82) is 0 Å². The van der Waals surface area contributed by atoms with E-state index < -0.39 is 15.7 Å². The van der Waals surface area contributed by atoms with Crippen molar-refractivity contribution in [2.45, 2.75) is 17.6 Å². The molecule has 0 spiro atoms. The van der Waals surface area contributed by atoms with E-state index >= 15 is 0 Å². The van der Waals surface area contributed by atoms with Crippen LogP contribution in [0.5, 0.6) is 0 Å². The van der Waals surface area contributed by atoms with Crippen LogP contribution in [-0.4, -0.2) is 14.3 Å². The topological polar surface area (TPSA) is 76.4 Å². The highest BCUT2D eigenvalue weighted by molar-refractivity contribution is 9.10. The molecular weight excluding hydrogens is 418 g/mol. The first-order valence-corrected chi connectivity index (χ1v) is 10.2. The van der Waals surface area contributed by atoms with E-state index in [0.29, 0.717) is 5.69 Å². The van der Waals surface area contributed by atoms with Crippen LogP contribution in [0.15, 0.2) is 74.4 Å². The maximum atomic E-state index is 12.4. The molecule has 0 fully saturated rings. The normalized spacial score (nSPS) is 11.3. The summed E-state index contributed by atoms with van der Waals surface area (Å²) in [6.45, 7) is 1.95. The number of amides is 1. The van der Waals surface area contributed by atoms with Gasteiger partial charge in [-0.1, -0.05) is 24.3 Å². The minimum absolute atomic E-state index is 0.0516. The lowest BCUT2D eigenvalue weighted by atomic mass is 10.2. The van der Waals surface area contributed by atoms with Gasteiger partial charge in [0.2, 0.25) is 0 Å². The smallest absolute Gasteiger partial charge is 0.291 e. The Bertz CT molecular complexity index is 1040. The van der Waals surface area contributed by atoms with E-state index in [4.69, 9.17) is 4.42 Å². The van der Waals surface area contributed by atoms with E-state index in [1.165, 1.54) is 24.3 Å². The van der Waals surface area contributed by atoms with Crippen LogP contribution in [0.25, 0.3) is 0 Å². The molecule has 0 saturated carbocycles. The van der Waals surface area contributed by atoms with Gasteiger partial charge in [-0.3, -0.25) is 4.79 Å². The van der Waals surface area contributed by atoms with Gasteiger partial charge in [0.25, 0.3) is 5.91 Å². The maximum Gasteiger partial charge on any atom is 0.291 e. The SMILES string of the molecule is Cc1ccc(NC(=O)c2ccc(CS(=O)(=O)c3ccccc3)o2)c(Br)c1. The molecular formula is C19H16BrNO4S. The summed E-state index contributed by atoms with van der Waals surface area (Å²) in [6, 6.07) is 16.6. The Morgan fingerprint density at radius 2 is 1.81 bits per heavy atom. The molecule has 0 aliphatic rings. The molecule has 3 aromatic rings. The molecule has 134 valence electrons. The molecule has 0 unspecified atom stereocenters. The minimum atomic E-state index is -3.53. The lowest BCUT2D eigenvalue weighted by Gasteiger charge is -2.06. The molecule has 0 atom stereocenters. The number of hydrogen-bond acceptors (Lipinski definition) is 4. The number of sulfone groups is 1. The Morgan fingerprint density at radius 3 is 2.50 bits per heavy atom. The number of rotatable bonds is 5. The van der Waals surface area contributed by atoms with E-state index in [0.717, 1.165) is 10.0 Å². The second-order valence-corrected chi connectivity index (χ2v) is 8.62. The average molecular weight is 434 g/mol. The Kier molecular flexibility index (Phi) is 5.29. The van der Waals surface area contributed by atoms with Crippen molar-refractivity contribution in [3.63, 3.8) is 0 Å². The number of hydrogen-bond donors (Lipinski definition) is 1. The highest BCUT2D eigenvalue weighted by atomic mass is 79.9. The van der Waals surface area contributed by atoms with Crippen molar-refractivity contribution in [3.05, 3.63) is 82.2 Å². The molecule has 1 heterocycles. The van der Waals surface area contributed by atoms with Crippen LogP contribution in [0.2, 0.25) is 0 Å². The van der Waals surface area contributed by atoms with Crippen molar-refractivity contribution in [1.82, 2.24) is 0 Å². The second kappa shape index (κ2) is 7.47. The standard InChI is InChI=1S/C19H16BrNO4S/c1-13-7-9-17(16(20)11-13)21-19(22)18-10-8-14(25-18)12-26(23,24)15-5-3-2-4-6-15/h2-11H,12H2,1H3,(H,21,22). The number of carbonyl (C=O) groups is 1. The fraction of sp³-hybridized carbons (Fsp3) is 0.105. The lowest BCUT2D eigenvalue weighted by Crippen LogP contribution is -2.11.